The molecule has 1 amide bonds. The third kappa shape index (κ3) is 6.35. The highest BCUT2D eigenvalue weighted by atomic mass is 32.2. The second-order valence-electron chi connectivity index (χ2n) is 7.98. The van der Waals surface area contributed by atoms with Gasteiger partial charge >= 0.3 is 5.97 Å². The van der Waals surface area contributed by atoms with Gasteiger partial charge in [0.25, 0.3) is 5.91 Å². The molecular formula is C26H30N4O3S. The van der Waals surface area contributed by atoms with E-state index < -0.39 is 5.97 Å². The van der Waals surface area contributed by atoms with E-state index in [0.29, 0.717) is 22.6 Å². The molecular weight excluding hydrogens is 448 g/mol. The number of carbonyl (C=O) groups is 2. The van der Waals surface area contributed by atoms with Crippen LogP contribution in [0.2, 0.25) is 0 Å². The summed E-state index contributed by atoms with van der Waals surface area (Å²) in [5.41, 5.74) is 4.49. The van der Waals surface area contributed by atoms with Gasteiger partial charge in [0, 0.05) is 41.9 Å². The van der Waals surface area contributed by atoms with E-state index in [1.165, 1.54) is 7.11 Å². The minimum atomic E-state index is -0.451. The van der Waals surface area contributed by atoms with Crippen molar-refractivity contribution in [2.24, 2.45) is 0 Å². The van der Waals surface area contributed by atoms with Gasteiger partial charge in [-0.1, -0.05) is 36.9 Å². The molecule has 1 N–H and O–H groups in total. The molecule has 34 heavy (non-hydrogen) atoms. The van der Waals surface area contributed by atoms with Crippen molar-refractivity contribution < 1.29 is 14.3 Å². The molecule has 1 heterocycles. The van der Waals surface area contributed by atoms with Crippen LogP contribution in [0.25, 0.3) is 0 Å². The van der Waals surface area contributed by atoms with Crippen molar-refractivity contribution in [3.8, 4) is 0 Å². The maximum atomic E-state index is 12.8. The molecule has 0 radical (unpaired) electrons. The van der Waals surface area contributed by atoms with E-state index in [1.54, 1.807) is 42.1 Å². The lowest BCUT2D eigenvalue weighted by Crippen LogP contribution is -2.21. The normalized spacial score (nSPS) is 10.6. The van der Waals surface area contributed by atoms with Crippen LogP contribution in [0.4, 0.5) is 11.5 Å². The maximum absolute atomic E-state index is 12.8. The van der Waals surface area contributed by atoms with Crippen LogP contribution in [-0.4, -0.2) is 42.5 Å². The summed E-state index contributed by atoms with van der Waals surface area (Å²) in [5.74, 6) is 0.893. The molecule has 178 valence electrons. The zero-order chi connectivity index (χ0) is 24.7. The molecule has 3 rings (SSSR count). The Labute approximate surface area is 205 Å². The molecule has 0 bridgehead atoms. The van der Waals surface area contributed by atoms with E-state index in [9.17, 15) is 9.59 Å². The van der Waals surface area contributed by atoms with Crippen molar-refractivity contribution in [1.29, 1.82) is 0 Å². The van der Waals surface area contributed by atoms with Crippen molar-refractivity contribution >= 4 is 35.1 Å². The summed E-state index contributed by atoms with van der Waals surface area (Å²) in [6.45, 7) is 7.13. The number of rotatable bonds is 9. The Morgan fingerprint density at radius 2 is 1.79 bits per heavy atom. The zero-order valence-corrected chi connectivity index (χ0v) is 21.0. The standard InChI is InChI=1S/C26H30N4O3S/c1-6-13-30(4)23-17(2)18(3)27-26(29-23)34-16-19-9-7-10-20(14-19)24(31)28-22-12-8-11-21(15-22)25(32)33-5/h7-12,14-15H,6,13,16H2,1-5H3,(H,28,31). The Morgan fingerprint density at radius 1 is 1.06 bits per heavy atom. The number of aromatic nitrogens is 2. The van der Waals surface area contributed by atoms with E-state index in [4.69, 9.17) is 9.72 Å². The van der Waals surface area contributed by atoms with E-state index >= 15 is 0 Å². The Balaban J connectivity index is 1.70. The number of methoxy groups -OCH3 is 1. The fourth-order valence-electron chi connectivity index (χ4n) is 3.46. The van der Waals surface area contributed by atoms with Gasteiger partial charge in [-0.2, -0.15) is 0 Å². The second kappa shape index (κ2) is 11.7. The van der Waals surface area contributed by atoms with Gasteiger partial charge in [0.2, 0.25) is 0 Å². The minimum absolute atomic E-state index is 0.250. The van der Waals surface area contributed by atoms with Gasteiger partial charge in [0.05, 0.1) is 12.7 Å². The minimum Gasteiger partial charge on any atom is -0.465 e. The van der Waals surface area contributed by atoms with Crippen LogP contribution in [0.1, 0.15) is 50.9 Å². The largest absolute Gasteiger partial charge is 0.465 e. The molecule has 7 nitrogen and oxygen atoms in total. The second-order valence-corrected chi connectivity index (χ2v) is 8.92. The van der Waals surface area contributed by atoms with Gasteiger partial charge in [-0.25, -0.2) is 14.8 Å². The summed E-state index contributed by atoms with van der Waals surface area (Å²) < 4.78 is 4.74. The highest BCUT2D eigenvalue weighted by Crippen LogP contribution is 2.26. The molecule has 8 heteroatoms. The van der Waals surface area contributed by atoms with Gasteiger partial charge in [-0.3, -0.25) is 4.79 Å². The third-order valence-corrected chi connectivity index (χ3v) is 6.28. The fraction of sp³-hybridized carbons (Fsp3) is 0.308. The van der Waals surface area contributed by atoms with Gasteiger partial charge < -0.3 is 15.0 Å². The summed E-state index contributed by atoms with van der Waals surface area (Å²) in [7, 11) is 3.37. The van der Waals surface area contributed by atoms with Crippen LogP contribution < -0.4 is 10.2 Å². The smallest absolute Gasteiger partial charge is 0.337 e. The topological polar surface area (TPSA) is 84.4 Å². The molecule has 2 aromatic carbocycles. The molecule has 0 aliphatic carbocycles. The molecule has 1 aromatic heterocycles. The number of hydrogen-bond donors (Lipinski definition) is 1. The van der Waals surface area contributed by atoms with Crippen molar-refractivity contribution in [3.63, 3.8) is 0 Å². The first-order valence-corrected chi connectivity index (χ1v) is 12.1. The number of benzene rings is 2. The maximum Gasteiger partial charge on any atom is 0.337 e. The number of nitrogens with one attached hydrogen (secondary N) is 1. The SMILES string of the molecule is CCCN(C)c1nc(SCc2cccc(C(=O)Nc3cccc(C(=O)OC)c3)c2)nc(C)c1C. The number of nitrogens with zero attached hydrogens (tertiary/aromatic N) is 3. The number of amides is 1. The van der Waals surface area contributed by atoms with Gasteiger partial charge in [-0.05, 0) is 56.2 Å². The molecule has 0 aliphatic heterocycles. The van der Waals surface area contributed by atoms with Gasteiger partial charge in [-0.15, -0.1) is 0 Å². The first kappa shape index (κ1) is 25.2. The Morgan fingerprint density at radius 3 is 2.53 bits per heavy atom. The Kier molecular flexibility index (Phi) is 8.65. The number of thioether (sulfide) groups is 1. The van der Waals surface area contributed by atoms with Crippen LogP contribution in [0.15, 0.2) is 53.7 Å². The molecule has 3 aromatic rings. The number of hydrogen-bond acceptors (Lipinski definition) is 7. The number of anilines is 2. The monoisotopic (exact) mass is 478 g/mol. The average Bonchev–Trinajstić information content (AvgIpc) is 2.84. The summed E-state index contributed by atoms with van der Waals surface area (Å²) >= 11 is 1.55. The van der Waals surface area contributed by atoms with Gasteiger partial charge in [0.15, 0.2) is 5.16 Å². The molecule has 0 atom stereocenters. The quantitative estimate of drug-likeness (QED) is 0.255. The Hall–Kier alpha value is -3.39. The zero-order valence-electron chi connectivity index (χ0n) is 20.2. The molecule has 0 saturated carbocycles. The molecule has 0 saturated heterocycles. The van der Waals surface area contributed by atoms with Crippen LogP contribution in [0.3, 0.4) is 0 Å². The van der Waals surface area contributed by atoms with Crippen molar-refractivity contribution in [2.75, 3.05) is 30.9 Å². The van der Waals surface area contributed by atoms with Gasteiger partial charge in [0.1, 0.15) is 5.82 Å². The highest BCUT2D eigenvalue weighted by Gasteiger charge is 2.13. The third-order valence-electron chi connectivity index (χ3n) is 5.36. The van der Waals surface area contributed by atoms with Crippen molar-refractivity contribution in [2.45, 2.75) is 38.1 Å². The van der Waals surface area contributed by atoms with Crippen molar-refractivity contribution in [1.82, 2.24) is 9.97 Å². The summed E-state index contributed by atoms with van der Waals surface area (Å²) in [6, 6.07) is 14.1. The number of aryl methyl sites for hydroxylation is 1. The van der Waals surface area contributed by atoms with E-state index in [2.05, 4.69) is 29.2 Å². The summed E-state index contributed by atoms with van der Waals surface area (Å²) in [4.78, 5) is 36.1. The lowest BCUT2D eigenvalue weighted by atomic mass is 10.1. The predicted molar refractivity (Wildman–Crippen MR) is 137 cm³/mol. The lowest BCUT2D eigenvalue weighted by Gasteiger charge is -2.20. The summed E-state index contributed by atoms with van der Waals surface area (Å²) in [6.07, 6.45) is 1.04. The molecule has 0 spiro atoms. The number of esters is 1. The van der Waals surface area contributed by atoms with Crippen LogP contribution in [0.5, 0.6) is 0 Å². The predicted octanol–water partition coefficient (Wildman–Crippen LogP) is 5.27. The lowest BCUT2D eigenvalue weighted by molar-refractivity contribution is 0.0600. The van der Waals surface area contributed by atoms with E-state index in [-0.39, 0.29) is 5.91 Å². The average molecular weight is 479 g/mol. The molecule has 0 aliphatic rings. The first-order valence-electron chi connectivity index (χ1n) is 11.1. The van der Waals surface area contributed by atoms with Crippen molar-refractivity contribution in [3.05, 3.63) is 76.5 Å². The van der Waals surface area contributed by atoms with Crippen LogP contribution >= 0.6 is 11.8 Å². The number of carbonyl (C=O) groups excluding carboxylic acids is 2. The summed E-state index contributed by atoms with van der Waals surface area (Å²) in [5, 5.41) is 3.56. The highest BCUT2D eigenvalue weighted by molar-refractivity contribution is 7.98. The van der Waals surface area contributed by atoms with Crippen LogP contribution in [0, 0.1) is 13.8 Å². The molecule has 0 unspecified atom stereocenters. The first-order chi connectivity index (χ1) is 16.3. The van der Waals surface area contributed by atoms with E-state index in [0.717, 1.165) is 40.8 Å². The van der Waals surface area contributed by atoms with Crippen LogP contribution in [-0.2, 0) is 10.5 Å². The van der Waals surface area contributed by atoms with E-state index in [1.807, 2.05) is 32.0 Å². The molecule has 0 fully saturated rings. The number of ether oxygens (including phenoxy) is 1. The fourth-order valence-corrected chi connectivity index (χ4v) is 4.29. The Bertz CT molecular complexity index is 1180.